The number of nitriles is 1. The van der Waals surface area contributed by atoms with E-state index in [1.165, 1.54) is 0 Å². The highest BCUT2D eigenvalue weighted by Crippen LogP contribution is 2.30. The smallest absolute Gasteiger partial charge is 0.161 e. The Morgan fingerprint density at radius 1 is 0.955 bits per heavy atom. The summed E-state index contributed by atoms with van der Waals surface area (Å²) in [6.07, 6.45) is 0. The number of methoxy groups -OCH3 is 2. The molecule has 22 heavy (non-hydrogen) atoms. The van der Waals surface area contributed by atoms with Gasteiger partial charge >= 0.3 is 0 Å². The number of rotatable bonds is 6. The predicted octanol–water partition coefficient (Wildman–Crippen LogP) is 3.62. The van der Waals surface area contributed by atoms with Crippen LogP contribution in [0.5, 0.6) is 11.5 Å². The summed E-state index contributed by atoms with van der Waals surface area (Å²) in [5.74, 6) is 1.27. The van der Waals surface area contributed by atoms with Gasteiger partial charge in [-0.05, 0) is 30.2 Å². The van der Waals surface area contributed by atoms with Crippen LogP contribution in [0.2, 0.25) is 0 Å². The summed E-state index contributed by atoms with van der Waals surface area (Å²) in [4.78, 5) is 0. The molecule has 0 radical (unpaired) electrons. The van der Waals surface area contributed by atoms with E-state index in [2.05, 4.69) is 11.4 Å². The molecule has 0 aromatic heterocycles. The van der Waals surface area contributed by atoms with Crippen LogP contribution in [0.1, 0.15) is 30.1 Å². The van der Waals surface area contributed by atoms with Crippen LogP contribution in [0.3, 0.4) is 0 Å². The molecular formula is C18H20N2O2. The van der Waals surface area contributed by atoms with Crippen molar-refractivity contribution in [1.29, 1.82) is 5.26 Å². The lowest BCUT2D eigenvalue weighted by molar-refractivity contribution is 0.354. The number of hydrogen-bond donors (Lipinski definition) is 1. The Labute approximate surface area is 131 Å². The van der Waals surface area contributed by atoms with Crippen molar-refractivity contribution in [1.82, 2.24) is 5.32 Å². The summed E-state index contributed by atoms with van der Waals surface area (Å²) in [7, 11) is 3.18. The first kappa shape index (κ1) is 15.9. The Bertz CT molecular complexity index is 650. The van der Waals surface area contributed by atoms with Crippen LogP contribution in [0.4, 0.5) is 0 Å². The van der Waals surface area contributed by atoms with Crippen LogP contribution in [0.25, 0.3) is 0 Å². The van der Waals surface area contributed by atoms with E-state index in [1.807, 2.05) is 55.5 Å². The lowest BCUT2D eigenvalue weighted by Crippen LogP contribution is -2.23. The van der Waals surface area contributed by atoms with Crippen LogP contribution in [0.15, 0.2) is 48.5 Å². The topological polar surface area (TPSA) is 54.3 Å². The second-order valence-corrected chi connectivity index (χ2v) is 4.98. The Morgan fingerprint density at radius 3 is 2.23 bits per heavy atom. The maximum atomic E-state index is 9.48. The first-order valence-corrected chi connectivity index (χ1v) is 7.12. The Hall–Kier alpha value is -2.51. The highest BCUT2D eigenvalue weighted by molar-refractivity contribution is 5.44. The van der Waals surface area contributed by atoms with Gasteiger partial charge in [0.1, 0.15) is 6.04 Å². The van der Waals surface area contributed by atoms with Gasteiger partial charge in [-0.2, -0.15) is 5.26 Å². The van der Waals surface area contributed by atoms with E-state index in [0.29, 0.717) is 11.5 Å². The lowest BCUT2D eigenvalue weighted by Gasteiger charge is -2.20. The summed E-state index contributed by atoms with van der Waals surface area (Å²) in [6, 6.07) is 17.5. The molecule has 0 spiro atoms. The van der Waals surface area contributed by atoms with Crippen molar-refractivity contribution in [2.24, 2.45) is 0 Å². The van der Waals surface area contributed by atoms with E-state index in [1.54, 1.807) is 14.2 Å². The zero-order chi connectivity index (χ0) is 15.9. The van der Waals surface area contributed by atoms with Gasteiger partial charge in [0.05, 0.1) is 20.3 Å². The van der Waals surface area contributed by atoms with Crippen LogP contribution >= 0.6 is 0 Å². The molecule has 0 saturated carbocycles. The molecule has 0 aliphatic rings. The summed E-state index contributed by atoms with van der Waals surface area (Å²) < 4.78 is 10.5. The van der Waals surface area contributed by atoms with Crippen molar-refractivity contribution in [2.75, 3.05) is 14.2 Å². The number of ether oxygens (including phenoxy) is 2. The largest absolute Gasteiger partial charge is 0.493 e. The third kappa shape index (κ3) is 3.57. The molecule has 2 atom stereocenters. The number of nitrogens with one attached hydrogen (secondary N) is 1. The highest BCUT2D eigenvalue weighted by atomic mass is 16.5. The third-order valence-corrected chi connectivity index (χ3v) is 3.59. The average molecular weight is 296 g/mol. The minimum atomic E-state index is -0.421. The SMILES string of the molecule is COc1ccc(C(C#N)NC(C)c2ccccc2)cc1OC. The van der Waals surface area contributed by atoms with Gasteiger partial charge in [0.2, 0.25) is 0 Å². The summed E-state index contributed by atoms with van der Waals surface area (Å²) in [5.41, 5.74) is 1.99. The molecule has 2 unspecified atom stereocenters. The Kier molecular flexibility index (Phi) is 5.40. The molecule has 2 rings (SSSR count). The summed E-state index contributed by atoms with van der Waals surface area (Å²) >= 11 is 0. The van der Waals surface area contributed by atoms with Gasteiger partial charge < -0.3 is 9.47 Å². The van der Waals surface area contributed by atoms with E-state index < -0.39 is 6.04 Å². The van der Waals surface area contributed by atoms with E-state index in [9.17, 15) is 5.26 Å². The van der Waals surface area contributed by atoms with Crippen molar-refractivity contribution in [3.05, 3.63) is 59.7 Å². The maximum absolute atomic E-state index is 9.48. The fourth-order valence-corrected chi connectivity index (χ4v) is 2.33. The van der Waals surface area contributed by atoms with E-state index >= 15 is 0 Å². The standard InChI is InChI=1S/C18H20N2O2/c1-13(14-7-5-4-6-8-14)20-16(12-19)15-9-10-17(21-2)18(11-15)22-3/h4-11,13,16,20H,1-3H3. The molecule has 2 aromatic carbocycles. The zero-order valence-electron chi connectivity index (χ0n) is 13.0. The molecule has 0 fully saturated rings. The minimum absolute atomic E-state index is 0.0685. The molecule has 0 saturated heterocycles. The average Bonchev–Trinajstić information content (AvgIpc) is 2.59. The molecule has 4 heteroatoms. The highest BCUT2D eigenvalue weighted by Gasteiger charge is 2.16. The van der Waals surface area contributed by atoms with Gasteiger partial charge in [-0.15, -0.1) is 0 Å². The fourth-order valence-electron chi connectivity index (χ4n) is 2.33. The molecular weight excluding hydrogens is 276 g/mol. The van der Waals surface area contributed by atoms with E-state index in [0.717, 1.165) is 11.1 Å². The number of hydrogen-bond acceptors (Lipinski definition) is 4. The third-order valence-electron chi connectivity index (χ3n) is 3.59. The summed E-state index contributed by atoms with van der Waals surface area (Å²) in [6.45, 7) is 2.04. The molecule has 114 valence electrons. The van der Waals surface area contributed by atoms with Crippen LogP contribution in [-0.2, 0) is 0 Å². The van der Waals surface area contributed by atoms with E-state index in [4.69, 9.17) is 9.47 Å². The quantitative estimate of drug-likeness (QED) is 0.884. The van der Waals surface area contributed by atoms with Crippen LogP contribution < -0.4 is 14.8 Å². The second kappa shape index (κ2) is 7.48. The second-order valence-electron chi connectivity index (χ2n) is 4.98. The first-order chi connectivity index (χ1) is 10.7. The molecule has 0 bridgehead atoms. The van der Waals surface area contributed by atoms with Crippen molar-refractivity contribution in [3.8, 4) is 17.6 Å². The molecule has 0 aliphatic heterocycles. The van der Waals surface area contributed by atoms with Crippen molar-refractivity contribution >= 4 is 0 Å². The molecule has 0 amide bonds. The Morgan fingerprint density at radius 2 is 1.64 bits per heavy atom. The van der Waals surface area contributed by atoms with Gasteiger partial charge in [0.25, 0.3) is 0 Å². The van der Waals surface area contributed by atoms with Crippen molar-refractivity contribution in [3.63, 3.8) is 0 Å². The predicted molar refractivity (Wildman–Crippen MR) is 85.9 cm³/mol. The van der Waals surface area contributed by atoms with Gasteiger partial charge in [-0.1, -0.05) is 36.4 Å². The van der Waals surface area contributed by atoms with Crippen molar-refractivity contribution < 1.29 is 9.47 Å². The summed E-state index contributed by atoms with van der Waals surface area (Å²) in [5, 5.41) is 12.8. The zero-order valence-corrected chi connectivity index (χ0v) is 13.0. The van der Waals surface area contributed by atoms with E-state index in [-0.39, 0.29) is 6.04 Å². The van der Waals surface area contributed by atoms with Crippen LogP contribution in [0, 0.1) is 11.3 Å². The van der Waals surface area contributed by atoms with Crippen molar-refractivity contribution in [2.45, 2.75) is 19.0 Å². The van der Waals surface area contributed by atoms with Crippen LogP contribution in [-0.4, -0.2) is 14.2 Å². The molecule has 2 aromatic rings. The maximum Gasteiger partial charge on any atom is 0.161 e. The monoisotopic (exact) mass is 296 g/mol. The first-order valence-electron chi connectivity index (χ1n) is 7.12. The van der Waals surface area contributed by atoms with Gasteiger partial charge in [0.15, 0.2) is 11.5 Å². The molecule has 0 heterocycles. The number of benzene rings is 2. The fraction of sp³-hybridized carbons (Fsp3) is 0.278. The molecule has 4 nitrogen and oxygen atoms in total. The molecule has 0 aliphatic carbocycles. The van der Waals surface area contributed by atoms with Gasteiger partial charge in [-0.3, -0.25) is 5.32 Å². The lowest BCUT2D eigenvalue weighted by atomic mass is 10.0. The van der Waals surface area contributed by atoms with Gasteiger partial charge in [-0.25, -0.2) is 0 Å². The number of nitrogens with zero attached hydrogens (tertiary/aromatic N) is 1. The molecule has 1 N–H and O–H groups in total. The van der Waals surface area contributed by atoms with Gasteiger partial charge in [0, 0.05) is 6.04 Å². The Balaban J connectivity index is 2.20. The minimum Gasteiger partial charge on any atom is -0.493 e. The normalized spacial score (nSPS) is 13.0.